The molecule has 0 N–H and O–H groups in total. The van der Waals surface area contributed by atoms with Crippen molar-refractivity contribution in [2.75, 3.05) is 13.2 Å². The molecule has 1 aliphatic carbocycles. The van der Waals surface area contributed by atoms with E-state index in [-0.39, 0.29) is 23.8 Å². The zero-order valence-corrected chi connectivity index (χ0v) is 15.8. The quantitative estimate of drug-likeness (QED) is 0.724. The molecule has 1 saturated heterocycles. The van der Waals surface area contributed by atoms with E-state index in [1.54, 1.807) is 0 Å². The zero-order chi connectivity index (χ0) is 18.1. The summed E-state index contributed by atoms with van der Waals surface area (Å²) in [6, 6.07) is 16.3. The highest BCUT2D eigenvalue weighted by molar-refractivity contribution is 6.31. The summed E-state index contributed by atoms with van der Waals surface area (Å²) in [5.41, 5.74) is 2.32. The smallest absolute Gasteiger partial charge is 0.226 e. The maximum absolute atomic E-state index is 13.1. The first-order valence-electron chi connectivity index (χ1n) is 9.46. The van der Waals surface area contributed by atoms with E-state index < -0.39 is 0 Å². The van der Waals surface area contributed by atoms with Gasteiger partial charge in [-0.2, -0.15) is 0 Å². The highest BCUT2D eigenvalue weighted by Crippen LogP contribution is 2.51. The van der Waals surface area contributed by atoms with E-state index in [9.17, 15) is 4.79 Å². The maximum atomic E-state index is 13.1. The van der Waals surface area contributed by atoms with Gasteiger partial charge >= 0.3 is 0 Å². The van der Waals surface area contributed by atoms with Gasteiger partial charge in [-0.3, -0.25) is 4.79 Å². The predicted molar refractivity (Wildman–Crippen MR) is 104 cm³/mol. The summed E-state index contributed by atoms with van der Waals surface area (Å²) in [5.74, 6) is 1.52. The topological polar surface area (TPSA) is 29.5 Å². The molecule has 1 aliphatic heterocycles. The molecule has 2 aliphatic rings. The maximum Gasteiger partial charge on any atom is 0.226 e. The van der Waals surface area contributed by atoms with Crippen LogP contribution in [0.15, 0.2) is 48.5 Å². The summed E-state index contributed by atoms with van der Waals surface area (Å²) in [4.78, 5) is 15.2. The molecule has 0 radical (unpaired) electrons. The number of benzene rings is 2. The lowest BCUT2D eigenvalue weighted by atomic mass is 10.0. The van der Waals surface area contributed by atoms with Crippen LogP contribution < -0.4 is 4.74 Å². The van der Waals surface area contributed by atoms with E-state index in [0.717, 1.165) is 42.1 Å². The molecular formula is C22H24ClNO2. The number of carbonyl (C=O) groups excluding carboxylic acids is 1. The highest BCUT2D eigenvalue weighted by atomic mass is 35.5. The Balaban J connectivity index is 1.47. The lowest BCUT2D eigenvalue weighted by Gasteiger charge is -2.25. The molecule has 3 atom stereocenters. The lowest BCUT2D eigenvalue weighted by Crippen LogP contribution is -2.32. The molecule has 3 unspecified atom stereocenters. The average molecular weight is 370 g/mol. The fourth-order valence-electron chi connectivity index (χ4n) is 4.13. The zero-order valence-electron chi connectivity index (χ0n) is 15.0. The van der Waals surface area contributed by atoms with Gasteiger partial charge in [-0.1, -0.05) is 41.9 Å². The summed E-state index contributed by atoms with van der Waals surface area (Å²) < 4.78 is 5.53. The van der Waals surface area contributed by atoms with Crippen molar-refractivity contribution in [1.82, 2.24) is 4.90 Å². The second-order valence-corrected chi connectivity index (χ2v) is 7.57. The Morgan fingerprint density at radius 3 is 2.69 bits per heavy atom. The molecule has 4 heteroatoms. The number of likely N-dealkylation sites (tertiary alicyclic amines) is 1. The van der Waals surface area contributed by atoms with Crippen LogP contribution in [-0.4, -0.2) is 24.0 Å². The predicted octanol–water partition coefficient (Wildman–Crippen LogP) is 5.21. The number of halogens is 1. The first-order chi connectivity index (χ1) is 12.7. The third-order valence-corrected chi connectivity index (χ3v) is 5.87. The number of ether oxygens (including phenoxy) is 1. The number of hydrogen-bond acceptors (Lipinski definition) is 2. The number of rotatable bonds is 5. The molecule has 0 aromatic heterocycles. The Kier molecular flexibility index (Phi) is 4.90. The van der Waals surface area contributed by atoms with Gasteiger partial charge < -0.3 is 9.64 Å². The van der Waals surface area contributed by atoms with Gasteiger partial charge in [0, 0.05) is 17.5 Å². The van der Waals surface area contributed by atoms with Crippen LogP contribution in [0, 0.1) is 5.92 Å². The summed E-state index contributed by atoms with van der Waals surface area (Å²) in [6.45, 7) is 3.50. The highest BCUT2D eigenvalue weighted by Gasteiger charge is 2.48. The van der Waals surface area contributed by atoms with E-state index in [1.807, 2.05) is 43.3 Å². The van der Waals surface area contributed by atoms with Crippen molar-refractivity contribution < 1.29 is 9.53 Å². The van der Waals surface area contributed by atoms with Gasteiger partial charge in [0.2, 0.25) is 5.91 Å². The molecule has 4 rings (SSSR count). The normalized spacial score (nSPS) is 24.5. The molecule has 2 aromatic rings. The lowest BCUT2D eigenvalue weighted by molar-refractivity contribution is -0.133. The minimum absolute atomic E-state index is 0.0817. The Morgan fingerprint density at radius 2 is 1.96 bits per heavy atom. The molecule has 1 heterocycles. The second-order valence-electron chi connectivity index (χ2n) is 7.16. The van der Waals surface area contributed by atoms with Crippen molar-refractivity contribution in [3.63, 3.8) is 0 Å². The summed E-state index contributed by atoms with van der Waals surface area (Å²) in [5, 5.41) is 0.775. The van der Waals surface area contributed by atoms with Gasteiger partial charge in [0.15, 0.2) is 0 Å². The molecular weight excluding hydrogens is 346 g/mol. The van der Waals surface area contributed by atoms with Crippen LogP contribution in [0.3, 0.4) is 0 Å². The van der Waals surface area contributed by atoms with Crippen molar-refractivity contribution in [1.29, 1.82) is 0 Å². The van der Waals surface area contributed by atoms with Crippen LogP contribution in [0.5, 0.6) is 5.75 Å². The monoisotopic (exact) mass is 369 g/mol. The first kappa shape index (κ1) is 17.4. The number of nitrogens with zero attached hydrogens (tertiary/aromatic N) is 1. The number of carbonyl (C=O) groups is 1. The molecule has 1 amide bonds. The number of hydrogen-bond donors (Lipinski definition) is 0. The standard InChI is InChI=1S/C22H24ClNO2/c1-2-26-16-11-9-15(10-12-16)21-8-5-13-24(21)22(25)19-14-18(19)17-6-3-4-7-20(17)23/h3-4,6-7,9-12,18-19,21H,2,5,8,13-14H2,1H3. The van der Waals surface area contributed by atoms with Crippen LogP contribution in [-0.2, 0) is 4.79 Å². The van der Waals surface area contributed by atoms with E-state index in [4.69, 9.17) is 16.3 Å². The Labute approximate surface area is 159 Å². The minimum Gasteiger partial charge on any atom is -0.494 e. The Hall–Kier alpha value is -2.00. The van der Waals surface area contributed by atoms with Gasteiger partial charge in [0.25, 0.3) is 0 Å². The van der Waals surface area contributed by atoms with Crippen LogP contribution in [0.1, 0.15) is 49.3 Å². The van der Waals surface area contributed by atoms with Gasteiger partial charge in [-0.25, -0.2) is 0 Å². The summed E-state index contributed by atoms with van der Waals surface area (Å²) >= 11 is 6.32. The molecule has 3 nitrogen and oxygen atoms in total. The molecule has 136 valence electrons. The largest absolute Gasteiger partial charge is 0.494 e. The Morgan fingerprint density at radius 1 is 1.19 bits per heavy atom. The van der Waals surface area contributed by atoms with Crippen molar-refractivity contribution in [2.24, 2.45) is 5.92 Å². The fraction of sp³-hybridized carbons (Fsp3) is 0.409. The molecule has 26 heavy (non-hydrogen) atoms. The molecule has 2 fully saturated rings. The van der Waals surface area contributed by atoms with E-state index in [2.05, 4.69) is 17.0 Å². The first-order valence-corrected chi connectivity index (χ1v) is 9.84. The Bertz CT molecular complexity index is 789. The van der Waals surface area contributed by atoms with Gasteiger partial charge in [-0.15, -0.1) is 0 Å². The van der Waals surface area contributed by atoms with E-state index in [1.165, 1.54) is 5.56 Å². The third-order valence-electron chi connectivity index (χ3n) is 5.52. The number of amides is 1. The molecule has 0 spiro atoms. The molecule has 0 bridgehead atoms. The SMILES string of the molecule is CCOc1ccc(C2CCCN2C(=O)C2CC2c2ccccc2Cl)cc1. The van der Waals surface area contributed by atoms with Crippen molar-refractivity contribution in [2.45, 2.75) is 38.1 Å². The van der Waals surface area contributed by atoms with Gasteiger partial charge in [0.05, 0.1) is 12.6 Å². The van der Waals surface area contributed by atoms with E-state index in [0.29, 0.717) is 6.61 Å². The summed E-state index contributed by atoms with van der Waals surface area (Å²) in [7, 11) is 0. The fourth-order valence-corrected chi connectivity index (χ4v) is 4.41. The van der Waals surface area contributed by atoms with Crippen molar-refractivity contribution in [3.8, 4) is 5.75 Å². The van der Waals surface area contributed by atoms with Crippen LogP contribution in [0.2, 0.25) is 5.02 Å². The second kappa shape index (κ2) is 7.32. The van der Waals surface area contributed by atoms with E-state index >= 15 is 0 Å². The van der Waals surface area contributed by atoms with Gasteiger partial charge in [-0.05, 0) is 61.4 Å². The van der Waals surface area contributed by atoms with Crippen LogP contribution in [0.25, 0.3) is 0 Å². The minimum atomic E-state index is 0.0817. The van der Waals surface area contributed by atoms with Crippen molar-refractivity contribution in [3.05, 3.63) is 64.7 Å². The average Bonchev–Trinajstić information content (AvgIpc) is 3.30. The van der Waals surface area contributed by atoms with Crippen LogP contribution in [0.4, 0.5) is 0 Å². The van der Waals surface area contributed by atoms with Gasteiger partial charge in [0.1, 0.15) is 5.75 Å². The van der Waals surface area contributed by atoms with Crippen LogP contribution >= 0.6 is 11.6 Å². The molecule has 1 saturated carbocycles. The summed E-state index contributed by atoms with van der Waals surface area (Å²) in [6.07, 6.45) is 3.01. The van der Waals surface area contributed by atoms with Crippen molar-refractivity contribution >= 4 is 17.5 Å². The third kappa shape index (κ3) is 3.33. The molecule has 2 aromatic carbocycles.